The Bertz CT molecular complexity index is 656. The number of ether oxygens (including phenoxy) is 1. The number of hydrogen-bond donors (Lipinski definition) is 1. The highest BCUT2D eigenvalue weighted by atomic mass is 19.1. The summed E-state index contributed by atoms with van der Waals surface area (Å²) in [6.45, 7) is 4.49. The van der Waals surface area contributed by atoms with Crippen LogP contribution in [-0.4, -0.2) is 43.3 Å². The number of nitrogens with one attached hydrogen (secondary N) is 1. The van der Waals surface area contributed by atoms with E-state index in [2.05, 4.69) is 10.2 Å². The molecule has 2 bridgehead atoms. The van der Waals surface area contributed by atoms with E-state index in [-0.39, 0.29) is 11.2 Å². The molecular formula is C22H31FN2O. The molecule has 1 aromatic carbocycles. The maximum Gasteiger partial charge on any atom is 0.123 e. The zero-order chi connectivity index (χ0) is 17.6. The van der Waals surface area contributed by atoms with Gasteiger partial charge in [-0.3, -0.25) is 0 Å². The molecule has 1 aromatic rings. The van der Waals surface area contributed by atoms with Crippen molar-refractivity contribution < 1.29 is 9.13 Å². The standard InChI is InChI=1S/C22H31FN2O/c23-17-5-7-21-20(13-17)22(15-24-21)8-10-25(11-9-22)14-16-4-6-18-2-1-3-19(12-16)26-18/h5,7,13,16,18-19,24H,1-4,6,8-12,14-15H2/t16-,18-,19-/m1/s1. The minimum Gasteiger partial charge on any atom is -0.384 e. The number of anilines is 1. The largest absolute Gasteiger partial charge is 0.384 e. The molecule has 0 aliphatic carbocycles. The summed E-state index contributed by atoms with van der Waals surface area (Å²) in [6.07, 6.45) is 11.1. The Labute approximate surface area is 156 Å². The number of halogens is 1. The Morgan fingerprint density at radius 1 is 1.12 bits per heavy atom. The number of piperidine rings is 1. The predicted octanol–water partition coefficient (Wildman–Crippen LogP) is 4.32. The summed E-state index contributed by atoms with van der Waals surface area (Å²) in [4.78, 5) is 2.67. The number of nitrogens with zero attached hydrogens (tertiary/aromatic N) is 1. The molecule has 0 amide bonds. The van der Waals surface area contributed by atoms with Gasteiger partial charge in [0.2, 0.25) is 0 Å². The van der Waals surface area contributed by atoms with Gasteiger partial charge in [-0.1, -0.05) is 0 Å². The van der Waals surface area contributed by atoms with E-state index in [1.807, 2.05) is 6.07 Å². The van der Waals surface area contributed by atoms with Gasteiger partial charge in [-0.15, -0.1) is 0 Å². The van der Waals surface area contributed by atoms with Crippen molar-refractivity contribution in [3.05, 3.63) is 29.6 Å². The first-order valence-electron chi connectivity index (χ1n) is 10.6. The van der Waals surface area contributed by atoms with Crippen molar-refractivity contribution in [1.29, 1.82) is 0 Å². The van der Waals surface area contributed by atoms with Crippen molar-refractivity contribution in [1.82, 2.24) is 4.90 Å². The van der Waals surface area contributed by atoms with Crippen LogP contribution in [0.1, 0.15) is 56.9 Å². The van der Waals surface area contributed by atoms with Crippen molar-refractivity contribution in [2.75, 3.05) is 31.5 Å². The number of fused-ring (bicyclic) bond motifs is 4. The molecule has 142 valence electrons. The van der Waals surface area contributed by atoms with Gasteiger partial charge >= 0.3 is 0 Å². The fraction of sp³-hybridized carbons (Fsp3) is 0.727. The van der Waals surface area contributed by atoms with Gasteiger partial charge in [-0.2, -0.15) is 0 Å². The predicted molar refractivity (Wildman–Crippen MR) is 102 cm³/mol. The normalized spacial score (nSPS) is 33.5. The van der Waals surface area contributed by atoms with Gasteiger partial charge in [0.05, 0.1) is 12.2 Å². The smallest absolute Gasteiger partial charge is 0.123 e. The van der Waals surface area contributed by atoms with E-state index in [4.69, 9.17) is 4.74 Å². The summed E-state index contributed by atoms with van der Waals surface area (Å²) in [5, 5.41) is 3.52. The Kier molecular flexibility index (Phi) is 4.44. The summed E-state index contributed by atoms with van der Waals surface area (Å²) in [7, 11) is 0. The number of rotatable bonds is 2. The fourth-order valence-corrected chi connectivity index (χ4v) is 5.89. The molecule has 1 N–H and O–H groups in total. The molecule has 3 nitrogen and oxygen atoms in total. The van der Waals surface area contributed by atoms with Gasteiger partial charge in [0.1, 0.15) is 5.82 Å². The van der Waals surface area contributed by atoms with Crippen LogP contribution in [0.4, 0.5) is 10.1 Å². The lowest BCUT2D eigenvalue weighted by Gasteiger charge is -2.40. The second-order valence-electron chi connectivity index (χ2n) is 9.11. The maximum absolute atomic E-state index is 13.8. The molecule has 5 rings (SSSR count). The van der Waals surface area contributed by atoms with E-state index in [0.717, 1.165) is 44.1 Å². The van der Waals surface area contributed by atoms with Crippen LogP contribution >= 0.6 is 0 Å². The van der Waals surface area contributed by atoms with E-state index in [1.54, 1.807) is 12.1 Å². The lowest BCUT2D eigenvalue weighted by Crippen LogP contribution is -2.45. The summed E-state index contributed by atoms with van der Waals surface area (Å²) >= 11 is 0. The average Bonchev–Trinajstić information content (AvgIpc) is 2.92. The Morgan fingerprint density at radius 3 is 2.85 bits per heavy atom. The molecule has 4 heterocycles. The fourth-order valence-electron chi connectivity index (χ4n) is 5.89. The van der Waals surface area contributed by atoms with Gasteiger partial charge < -0.3 is 15.0 Å². The molecule has 4 heteroatoms. The van der Waals surface area contributed by atoms with Gasteiger partial charge in [0.25, 0.3) is 0 Å². The lowest BCUT2D eigenvalue weighted by atomic mass is 9.74. The van der Waals surface area contributed by atoms with E-state index < -0.39 is 0 Å². The highest BCUT2D eigenvalue weighted by molar-refractivity contribution is 5.60. The Morgan fingerprint density at radius 2 is 1.96 bits per heavy atom. The number of likely N-dealkylation sites (tertiary alicyclic amines) is 1. The zero-order valence-electron chi connectivity index (χ0n) is 15.7. The van der Waals surface area contributed by atoms with Crippen LogP contribution in [0.15, 0.2) is 18.2 Å². The van der Waals surface area contributed by atoms with E-state index in [9.17, 15) is 4.39 Å². The summed E-state index contributed by atoms with van der Waals surface area (Å²) in [6, 6.07) is 5.26. The number of hydrogen-bond acceptors (Lipinski definition) is 3. The molecule has 3 atom stereocenters. The van der Waals surface area contributed by atoms with Crippen molar-refractivity contribution in [2.45, 2.75) is 69.0 Å². The van der Waals surface area contributed by atoms with Crippen LogP contribution < -0.4 is 5.32 Å². The minimum absolute atomic E-state index is 0.0983. The molecule has 4 aliphatic heterocycles. The van der Waals surface area contributed by atoms with Crippen molar-refractivity contribution in [3.63, 3.8) is 0 Å². The van der Waals surface area contributed by atoms with E-state index >= 15 is 0 Å². The van der Waals surface area contributed by atoms with Gasteiger partial charge in [-0.05, 0) is 94.1 Å². The van der Waals surface area contributed by atoms with Crippen molar-refractivity contribution in [3.8, 4) is 0 Å². The third-order valence-corrected chi connectivity index (χ3v) is 7.43. The molecule has 3 fully saturated rings. The van der Waals surface area contributed by atoms with Gasteiger partial charge in [0.15, 0.2) is 0 Å². The van der Waals surface area contributed by atoms with Crippen LogP contribution in [0.3, 0.4) is 0 Å². The van der Waals surface area contributed by atoms with Gasteiger partial charge in [0, 0.05) is 24.2 Å². The third-order valence-electron chi connectivity index (χ3n) is 7.43. The van der Waals surface area contributed by atoms with E-state index in [0.29, 0.717) is 12.2 Å². The average molecular weight is 359 g/mol. The van der Waals surface area contributed by atoms with Crippen molar-refractivity contribution in [2.24, 2.45) is 5.92 Å². The highest BCUT2D eigenvalue weighted by Gasteiger charge is 2.42. The highest BCUT2D eigenvalue weighted by Crippen LogP contribution is 2.44. The molecule has 0 saturated carbocycles. The van der Waals surface area contributed by atoms with Gasteiger partial charge in [-0.25, -0.2) is 4.39 Å². The molecule has 0 unspecified atom stereocenters. The molecule has 0 radical (unpaired) electrons. The molecular weight excluding hydrogens is 327 g/mol. The lowest BCUT2D eigenvalue weighted by molar-refractivity contribution is -0.0472. The monoisotopic (exact) mass is 358 g/mol. The Hall–Kier alpha value is -1.13. The zero-order valence-corrected chi connectivity index (χ0v) is 15.7. The quantitative estimate of drug-likeness (QED) is 0.852. The van der Waals surface area contributed by atoms with Crippen LogP contribution in [-0.2, 0) is 10.2 Å². The third kappa shape index (κ3) is 3.16. The molecule has 1 spiro atoms. The summed E-state index contributed by atoms with van der Waals surface area (Å²) in [5.74, 6) is 0.697. The van der Waals surface area contributed by atoms with Crippen LogP contribution in [0, 0.1) is 11.7 Å². The van der Waals surface area contributed by atoms with Crippen molar-refractivity contribution >= 4 is 5.69 Å². The first-order chi connectivity index (χ1) is 12.7. The minimum atomic E-state index is -0.0983. The topological polar surface area (TPSA) is 24.5 Å². The summed E-state index contributed by atoms with van der Waals surface area (Å²) in [5.41, 5.74) is 2.51. The maximum atomic E-state index is 13.8. The first kappa shape index (κ1) is 17.0. The number of benzene rings is 1. The molecule has 4 aliphatic rings. The first-order valence-corrected chi connectivity index (χ1v) is 10.6. The van der Waals surface area contributed by atoms with Crippen LogP contribution in [0.25, 0.3) is 0 Å². The Balaban J connectivity index is 1.21. The molecule has 26 heavy (non-hydrogen) atoms. The molecule has 3 saturated heterocycles. The van der Waals surface area contributed by atoms with Crippen LogP contribution in [0.5, 0.6) is 0 Å². The second-order valence-corrected chi connectivity index (χ2v) is 9.11. The SMILES string of the molecule is Fc1ccc2c(c1)C1(CCN(C[C@@H]3CC[C@H]4CCC[C@H](C3)O4)CC1)CN2. The molecule has 0 aromatic heterocycles. The summed E-state index contributed by atoms with van der Waals surface area (Å²) < 4.78 is 20.0. The van der Waals surface area contributed by atoms with E-state index in [1.165, 1.54) is 50.6 Å². The second kappa shape index (κ2) is 6.79. The van der Waals surface area contributed by atoms with Crippen LogP contribution in [0.2, 0.25) is 0 Å².